The molecular weight excluding hydrogens is 500 g/mol. The van der Waals surface area contributed by atoms with E-state index in [9.17, 15) is 8.42 Å². The number of fused-ring (bicyclic) bond motifs is 2. The van der Waals surface area contributed by atoms with Crippen molar-refractivity contribution in [2.24, 2.45) is 0 Å². The van der Waals surface area contributed by atoms with Gasteiger partial charge in [0.25, 0.3) is 0 Å². The summed E-state index contributed by atoms with van der Waals surface area (Å²) in [5.41, 5.74) is 2.37. The number of hydrogen-bond acceptors (Lipinski definition) is 6. The summed E-state index contributed by atoms with van der Waals surface area (Å²) < 4.78 is 28.6. The summed E-state index contributed by atoms with van der Waals surface area (Å²) in [6, 6.07) is 23.5. The quantitative estimate of drug-likeness (QED) is 0.299. The zero-order valence-electron chi connectivity index (χ0n) is 20.9. The van der Waals surface area contributed by atoms with Crippen LogP contribution in [0.4, 0.5) is 5.82 Å². The molecule has 0 N–H and O–H groups in total. The van der Waals surface area contributed by atoms with Gasteiger partial charge in [0.15, 0.2) is 0 Å². The number of benzene rings is 3. The van der Waals surface area contributed by atoms with E-state index in [0.29, 0.717) is 37.5 Å². The molecule has 0 radical (unpaired) electrons. The third-order valence-corrected chi connectivity index (χ3v) is 10.2. The van der Waals surface area contributed by atoms with E-state index in [1.807, 2.05) is 48.5 Å². The van der Waals surface area contributed by atoms with Crippen LogP contribution in [0.25, 0.3) is 21.0 Å². The highest BCUT2D eigenvalue weighted by molar-refractivity contribution is 7.89. The molecule has 3 heterocycles. The third kappa shape index (κ3) is 4.50. The van der Waals surface area contributed by atoms with Crippen LogP contribution in [0.3, 0.4) is 0 Å². The van der Waals surface area contributed by atoms with Crippen molar-refractivity contribution in [3.05, 3.63) is 94.6 Å². The first-order valence-electron chi connectivity index (χ1n) is 12.4. The van der Waals surface area contributed by atoms with Gasteiger partial charge >= 0.3 is 0 Å². The van der Waals surface area contributed by atoms with E-state index in [-0.39, 0.29) is 0 Å². The zero-order valence-corrected chi connectivity index (χ0v) is 22.5. The summed E-state index contributed by atoms with van der Waals surface area (Å²) in [6.45, 7) is 6.23. The predicted octanol–water partition coefficient (Wildman–Crippen LogP) is 5.56. The van der Waals surface area contributed by atoms with Crippen molar-refractivity contribution < 1.29 is 8.42 Å². The highest BCUT2D eigenvalue weighted by Gasteiger charge is 2.30. The normalized spacial score (nSPS) is 15.0. The van der Waals surface area contributed by atoms with Crippen LogP contribution in [0.5, 0.6) is 0 Å². The number of hydrogen-bond donors (Lipinski definition) is 0. The fourth-order valence-corrected chi connectivity index (χ4v) is 7.48. The first kappa shape index (κ1) is 24.0. The number of sulfonamides is 1. The maximum absolute atomic E-state index is 13.5. The van der Waals surface area contributed by atoms with Gasteiger partial charge in [-0.3, -0.25) is 0 Å². The van der Waals surface area contributed by atoms with E-state index < -0.39 is 10.0 Å². The minimum atomic E-state index is -3.58. The molecule has 1 aliphatic heterocycles. The fourth-order valence-electron chi connectivity index (χ4n) is 4.97. The van der Waals surface area contributed by atoms with Crippen LogP contribution in [-0.4, -0.2) is 48.9 Å². The Hall–Kier alpha value is -3.33. The molecule has 0 atom stereocenters. The molecule has 2 aromatic heterocycles. The van der Waals surface area contributed by atoms with Crippen LogP contribution in [0.15, 0.2) is 77.7 Å². The molecule has 0 aliphatic carbocycles. The third-order valence-electron chi connectivity index (χ3n) is 7.16. The molecule has 0 spiro atoms. The Morgan fingerprint density at radius 3 is 2.30 bits per heavy atom. The summed E-state index contributed by atoms with van der Waals surface area (Å²) in [6.07, 6.45) is 0.663. The molecule has 8 heteroatoms. The van der Waals surface area contributed by atoms with Crippen molar-refractivity contribution in [3.63, 3.8) is 0 Å². The molecule has 5 aromatic rings. The lowest BCUT2D eigenvalue weighted by atomic mass is 10.1. The van der Waals surface area contributed by atoms with Crippen LogP contribution in [0, 0.1) is 13.8 Å². The van der Waals surface area contributed by atoms with E-state index in [1.54, 1.807) is 27.8 Å². The van der Waals surface area contributed by atoms with Gasteiger partial charge in [-0.1, -0.05) is 60.7 Å². The molecule has 0 saturated carbocycles. The lowest BCUT2D eigenvalue weighted by Crippen LogP contribution is -2.49. The highest BCUT2D eigenvalue weighted by atomic mass is 32.2. The Kier molecular flexibility index (Phi) is 6.18. The van der Waals surface area contributed by atoms with E-state index >= 15 is 0 Å². The molecule has 3 aromatic carbocycles. The van der Waals surface area contributed by atoms with E-state index in [4.69, 9.17) is 9.97 Å². The molecule has 6 nitrogen and oxygen atoms in total. The van der Waals surface area contributed by atoms with Gasteiger partial charge in [0.1, 0.15) is 16.5 Å². The molecular formula is C29H28N4O2S2. The lowest BCUT2D eigenvalue weighted by molar-refractivity contribution is 0.384. The molecule has 0 bridgehead atoms. The second-order valence-electron chi connectivity index (χ2n) is 9.49. The van der Waals surface area contributed by atoms with Crippen molar-refractivity contribution in [1.29, 1.82) is 0 Å². The Balaban J connectivity index is 1.28. The summed E-state index contributed by atoms with van der Waals surface area (Å²) >= 11 is 1.70. The topological polar surface area (TPSA) is 66.4 Å². The minimum absolute atomic E-state index is 0.346. The van der Waals surface area contributed by atoms with Gasteiger partial charge in [0.2, 0.25) is 10.0 Å². The standard InChI is InChI=1S/C29H28N4O2S2/c1-20-21(2)36-29-27(20)28(30-26(31-29)18-22-8-4-3-5-9-22)32-14-16-33(17-15-32)37(34,35)25-13-12-23-10-6-7-11-24(23)19-25/h3-13,19H,14-18H2,1-2H3. The maximum atomic E-state index is 13.5. The van der Waals surface area contributed by atoms with Crippen molar-refractivity contribution in [2.75, 3.05) is 31.1 Å². The zero-order chi connectivity index (χ0) is 25.6. The van der Waals surface area contributed by atoms with Crippen molar-refractivity contribution in [3.8, 4) is 0 Å². The number of piperazine rings is 1. The molecule has 1 fully saturated rings. The fraction of sp³-hybridized carbons (Fsp3) is 0.241. The predicted molar refractivity (Wildman–Crippen MR) is 151 cm³/mol. The molecule has 1 aliphatic rings. The number of anilines is 1. The van der Waals surface area contributed by atoms with Gasteiger partial charge in [-0.2, -0.15) is 4.31 Å². The van der Waals surface area contributed by atoms with Crippen molar-refractivity contribution in [2.45, 2.75) is 25.2 Å². The molecule has 0 unspecified atom stereocenters. The molecule has 188 valence electrons. The molecule has 0 amide bonds. The van der Waals surface area contributed by atoms with Gasteiger partial charge in [-0.25, -0.2) is 18.4 Å². The van der Waals surface area contributed by atoms with Gasteiger partial charge in [0, 0.05) is 37.5 Å². The summed E-state index contributed by atoms with van der Waals surface area (Å²) in [5.74, 6) is 1.71. The summed E-state index contributed by atoms with van der Waals surface area (Å²) in [7, 11) is -3.58. The van der Waals surface area contributed by atoms with E-state index in [1.165, 1.54) is 16.0 Å². The first-order valence-corrected chi connectivity index (χ1v) is 14.7. The van der Waals surface area contributed by atoms with Gasteiger partial charge in [-0.05, 0) is 47.9 Å². The van der Waals surface area contributed by atoms with Gasteiger partial charge in [0.05, 0.1) is 10.3 Å². The second kappa shape index (κ2) is 9.52. The maximum Gasteiger partial charge on any atom is 0.243 e. The number of nitrogens with zero attached hydrogens (tertiary/aromatic N) is 4. The average Bonchev–Trinajstić information content (AvgIpc) is 3.21. The summed E-state index contributed by atoms with van der Waals surface area (Å²) in [4.78, 5) is 14.7. The first-order chi connectivity index (χ1) is 17.9. The Bertz CT molecular complexity index is 1710. The van der Waals surface area contributed by atoms with Crippen LogP contribution >= 0.6 is 11.3 Å². The Morgan fingerprint density at radius 1 is 0.838 bits per heavy atom. The van der Waals surface area contributed by atoms with Crippen molar-refractivity contribution >= 4 is 48.2 Å². The number of rotatable bonds is 5. The molecule has 37 heavy (non-hydrogen) atoms. The monoisotopic (exact) mass is 528 g/mol. The Labute approximate surface area is 221 Å². The minimum Gasteiger partial charge on any atom is -0.353 e. The van der Waals surface area contributed by atoms with Crippen molar-refractivity contribution in [1.82, 2.24) is 14.3 Å². The smallest absolute Gasteiger partial charge is 0.243 e. The highest BCUT2D eigenvalue weighted by Crippen LogP contribution is 2.36. The van der Waals surface area contributed by atoms with Crippen LogP contribution in [0.2, 0.25) is 0 Å². The number of aromatic nitrogens is 2. The van der Waals surface area contributed by atoms with Crippen LogP contribution in [-0.2, 0) is 16.4 Å². The SMILES string of the molecule is Cc1sc2nc(Cc3ccccc3)nc(N3CCN(S(=O)(=O)c4ccc5ccccc5c4)CC3)c2c1C. The van der Waals surface area contributed by atoms with Gasteiger partial charge < -0.3 is 4.90 Å². The molecule has 6 rings (SSSR count). The lowest BCUT2D eigenvalue weighted by Gasteiger charge is -2.35. The Morgan fingerprint density at radius 2 is 1.54 bits per heavy atom. The van der Waals surface area contributed by atoms with Crippen LogP contribution in [0.1, 0.15) is 21.8 Å². The van der Waals surface area contributed by atoms with E-state index in [0.717, 1.165) is 32.6 Å². The average molecular weight is 529 g/mol. The largest absolute Gasteiger partial charge is 0.353 e. The number of aryl methyl sites for hydroxylation is 2. The van der Waals surface area contributed by atoms with Crippen LogP contribution < -0.4 is 4.90 Å². The summed E-state index contributed by atoms with van der Waals surface area (Å²) in [5, 5.41) is 3.05. The number of thiophene rings is 1. The molecule has 1 saturated heterocycles. The van der Waals surface area contributed by atoms with Gasteiger partial charge in [-0.15, -0.1) is 11.3 Å². The second-order valence-corrected chi connectivity index (χ2v) is 12.6. The van der Waals surface area contributed by atoms with E-state index in [2.05, 4.69) is 30.9 Å².